The Morgan fingerprint density at radius 1 is 1.33 bits per heavy atom. The first kappa shape index (κ1) is 21.9. The maximum atomic E-state index is 12.9. The van der Waals surface area contributed by atoms with Crippen molar-refractivity contribution in [2.45, 2.75) is 25.7 Å². The van der Waals surface area contributed by atoms with Gasteiger partial charge in [-0.2, -0.15) is 10.4 Å². The van der Waals surface area contributed by atoms with Crippen LogP contribution >= 0.6 is 11.3 Å². The molecule has 0 bridgehead atoms. The zero-order chi connectivity index (χ0) is 23.5. The summed E-state index contributed by atoms with van der Waals surface area (Å²) in [5.41, 5.74) is 7.74. The predicted octanol–water partition coefficient (Wildman–Crippen LogP) is 3.57. The summed E-state index contributed by atoms with van der Waals surface area (Å²) in [7, 11) is 0. The van der Waals surface area contributed by atoms with Crippen molar-refractivity contribution in [1.82, 2.24) is 10.2 Å². The molecule has 10 nitrogen and oxygen atoms in total. The van der Waals surface area contributed by atoms with E-state index in [2.05, 4.69) is 15.5 Å². The van der Waals surface area contributed by atoms with Gasteiger partial charge in [-0.15, -0.1) is 11.3 Å². The van der Waals surface area contributed by atoms with Crippen LogP contribution in [0.25, 0.3) is 17.3 Å². The molecule has 0 saturated carbocycles. The highest BCUT2D eigenvalue weighted by molar-refractivity contribution is 7.17. The Kier molecular flexibility index (Phi) is 6.01. The molecule has 0 unspecified atom stereocenters. The van der Waals surface area contributed by atoms with E-state index in [1.165, 1.54) is 41.8 Å². The Hall–Kier alpha value is -4.30. The number of benzene rings is 1. The lowest BCUT2D eigenvalue weighted by Gasteiger charge is -2.11. The number of aromatic amines is 1. The molecule has 2 heterocycles. The SMILES string of the molecule is N#C/C(=C\c1cn[nH]c1-c1cccc([N+](=O)[O-])c1)C(=O)Nc1sc2c(c1C(N)=O)CCCC2. The molecule has 1 aliphatic rings. The normalized spacial score (nSPS) is 13.1. The number of nitriles is 1. The molecule has 0 radical (unpaired) electrons. The van der Waals surface area contributed by atoms with Crippen LogP contribution in [-0.2, 0) is 17.6 Å². The Morgan fingerprint density at radius 3 is 2.85 bits per heavy atom. The minimum atomic E-state index is -0.690. The van der Waals surface area contributed by atoms with Crippen LogP contribution in [0.15, 0.2) is 36.0 Å². The molecule has 3 aromatic rings. The second kappa shape index (κ2) is 9.05. The van der Waals surface area contributed by atoms with E-state index in [0.717, 1.165) is 36.1 Å². The molecule has 0 saturated heterocycles. The highest BCUT2D eigenvalue weighted by atomic mass is 32.1. The fourth-order valence-electron chi connectivity index (χ4n) is 3.80. The molecule has 1 aliphatic carbocycles. The van der Waals surface area contributed by atoms with E-state index < -0.39 is 16.7 Å². The van der Waals surface area contributed by atoms with Crippen LogP contribution in [0.5, 0.6) is 0 Å². The standard InChI is InChI=1S/C22H18N6O4S/c23-10-13(8-14-11-25-27-19(14)12-4-3-5-15(9-12)28(31)32)21(30)26-22-18(20(24)29)16-6-1-2-7-17(16)33-22/h3-5,8-9,11H,1-2,6-7H2,(H2,24,29)(H,25,27)(H,26,30)/b13-8+. The number of carbonyl (C=O) groups is 2. The number of H-pyrrole nitrogens is 1. The number of rotatable bonds is 6. The highest BCUT2D eigenvalue weighted by Gasteiger charge is 2.26. The van der Waals surface area contributed by atoms with Crippen molar-refractivity contribution in [1.29, 1.82) is 5.26 Å². The second-order valence-electron chi connectivity index (χ2n) is 7.41. The van der Waals surface area contributed by atoms with Crippen LogP contribution in [0, 0.1) is 21.4 Å². The molecule has 0 aliphatic heterocycles. The molecule has 2 amide bonds. The number of non-ortho nitro benzene ring substituents is 1. The Labute approximate surface area is 191 Å². The van der Waals surface area contributed by atoms with Gasteiger partial charge in [0.2, 0.25) is 0 Å². The van der Waals surface area contributed by atoms with Crippen LogP contribution in [0.2, 0.25) is 0 Å². The first-order valence-electron chi connectivity index (χ1n) is 10.0. The van der Waals surface area contributed by atoms with E-state index >= 15 is 0 Å². The molecule has 1 aromatic carbocycles. The zero-order valence-corrected chi connectivity index (χ0v) is 18.1. The Bertz CT molecular complexity index is 1350. The fourth-order valence-corrected chi connectivity index (χ4v) is 5.09. The summed E-state index contributed by atoms with van der Waals surface area (Å²) in [6.45, 7) is 0. The predicted molar refractivity (Wildman–Crippen MR) is 122 cm³/mol. The third kappa shape index (κ3) is 4.37. The van der Waals surface area contributed by atoms with Crippen molar-refractivity contribution in [3.63, 3.8) is 0 Å². The van der Waals surface area contributed by atoms with Gasteiger partial charge in [0, 0.05) is 28.1 Å². The number of nitrogens with two attached hydrogens (primary N) is 1. The molecule has 4 N–H and O–H groups in total. The summed E-state index contributed by atoms with van der Waals surface area (Å²) in [5, 5.41) is 30.4. The van der Waals surface area contributed by atoms with E-state index in [9.17, 15) is 25.0 Å². The maximum absolute atomic E-state index is 12.9. The molecule has 0 atom stereocenters. The first-order chi connectivity index (χ1) is 15.9. The lowest BCUT2D eigenvalue weighted by molar-refractivity contribution is -0.384. The summed E-state index contributed by atoms with van der Waals surface area (Å²) >= 11 is 1.31. The Balaban J connectivity index is 1.65. The molecular formula is C22H18N6O4S. The molecule has 33 heavy (non-hydrogen) atoms. The van der Waals surface area contributed by atoms with Gasteiger partial charge in [-0.25, -0.2) is 0 Å². The number of thiophene rings is 1. The number of anilines is 1. The number of primary amides is 1. The van der Waals surface area contributed by atoms with Crippen molar-refractivity contribution < 1.29 is 14.5 Å². The average Bonchev–Trinajstić information content (AvgIpc) is 3.41. The quantitative estimate of drug-likeness (QED) is 0.219. The molecule has 2 aromatic heterocycles. The van der Waals surface area contributed by atoms with Crippen LogP contribution < -0.4 is 11.1 Å². The van der Waals surface area contributed by atoms with Crippen molar-refractivity contribution >= 4 is 39.9 Å². The van der Waals surface area contributed by atoms with Gasteiger partial charge in [0.25, 0.3) is 17.5 Å². The Morgan fingerprint density at radius 2 is 2.12 bits per heavy atom. The minimum absolute atomic E-state index is 0.101. The number of hydrogen-bond acceptors (Lipinski definition) is 7. The van der Waals surface area contributed by atoms with E-state index in [4.69, 9.17) is 5.73 Å². The number of aromatic nitrogens is 2. The topological polar surface area (TPSA) is 168 Å². The summed E-state index contributed by atoms with van der Waals surface area (Å²) in [5.74, 6) is -1.31. The fraction of sp³-hybridized carbons (Fsp3) is 0.182. The largest absolute Gasteiger partial charge is 0.365 e. The van der Waals surface area contributed by atoms with Crippen molar-refractivity contribution in [3.05, 3.63) is 67.7 Å². The number of nitro benzene ring substituents is 1. The van der Waals surface area contributed by atoms with Gasteiger partial charge in [0.15, 0.2) is 0 Å². The molecule has 11 heteroatoms. The third-order valence-electron chi connectivity index (χ3n) is 5.32. The molecule has 4 rings (SSSR count). The van der Waals surface area contributed by atoms with Crippen LogP contribution in [-0.4, -0.2) is 26.9 Å². The lowest BCUT2D eigenvalue weighted by atomic mass is 9.95. The van der Waals surface area contributed by atoms with Crippen molar-refractivity contribution in [2.24, 2.45) is 5.73 Å². The van der Waals surface area contributed by atoms with Crippen molar-refractivity contribution in [3.8, 4) is 17.3 Å². The first-order valence-corrected chi connectivity index (χ1v) is 10.9. The number of fused-ring (bicyclic) bond motifs is 1. The number of nitrogens with one attached hydrogen (secondary N) is 2. The lowest BCUT2D eigenvalue weighted by Crippen LogP contribution is -2.19. The average molecular weight is 462 g/mol. The molecule has 0 spiro atoms. The van der Waals surface area contributed by atoms with Gasteiger partial charge in [0.05, 0.1) is 22.4 Å². The summed E-state index contributed by atoms with van der Waals surface area (Å²) in [6, 6.07) is 7.78. The summed E-state index contributed by atoms with van der Waals surface area (Å²) < 4.78 is 0. The van der Waals surface area contributed by atoms with E-state index in [0.29, 0.717) is 27.4 Å². The number of aryl methyl sites for hydroxylation is 1. The number of amides is 2. The number of nitrogens with zero attached hydrogens (tertiary/aromatic N) is 3. The van der Waals surface area contributed by atoms with Gasteiger partial charge >= 0.3 is 0 Å². The van der Waals surface area contributed by atoms with Gasteiger partial charge in [-0.05, 0) is 37.3 Å². The van der Waals surface area contributed by atoms with Gasteiger partial charge < -0.3 is 11.1 Å². The van der Waals surface area contributed by atoms with E-state index in [1.807, 2.05) is 6.07 Å². The summed E-state index contributed by atoms with van der Waals surface area (Å²) in [4.78, 5) is 36.5. The number of nitro groups is 1. The number of carbonyl (C=O) groups excluding carboxylic acids is 2. The summed E-state index contributed by atoms with van der Waals surface area (Å²) in [6.07, 6.45) is 6.24. The molecular weight excluding hydrogens is 444 g/mol. The van der Waals surface area contributed by atoms with Gasteiger partial charge in [-0.3, -0.25) is 24.8 Å². The monoisotopic (exact) mass is 462 g/mol. The molecule has 166 valence electrons. The van der Waals surface area contributed by atoms with Gasteiger partial charge in [0.1, 0.15) is 16.6 Å². The van der Waals surface area contributed by atoms with Crippen molar-refractivity contribution in [2.75, 3.05) is 5.32 Å². The number of hydrogen-bond donors (Lipinski definition) is 3. The third-order valence-corrected chi connectivity index (χ3v) is 6.53. The smallest absolute Gasteiger partial charge is 0.270 e. The second-order valence-corrected chi connectivity index (χ2v) is 8.52. The minimum Gasteiger partial charge on any atom is -0.365 e. The van der Waals surface area contributed by atoms with Crippen LogP contribution in [0.4, 0.5) is 10.7 Å². The van der Waals surface area contributed by atoms with E-state index in [1.54, 1.807) is 6.07 Å². The van der Waals surface area contributed by atoms with E-state index in [-0.39, 0.29) is 11.3 Å². The zero-order valence-electron chi connectivity index (χ0n) is 17.3. The maximum Gasteiger partial charge on any atom is 0.270 e. The van der Waals surface area contributed by atoms with Gasteiger partial charge in [-0.1, -0.05) is 12.1 Å². The van der Waals surface area contributed by atoms with Crippen LogP contribution in [0.3, 0.4) is 0 Å². The highest BCUT2D eigenvalue weighted by Crippen LogP contribution is 2.38. The molecule has 0 fully saturated rings. The van der Waals surface area contributed by atoms with Crippen LogP contribution in [0.1, 0.15) is 39.2 Å².